The third-order valence-corrected chi connectivity index (χ3v) is 5.29. The van der Waals surface area contributed by atoms with Crippen molar-refractivity contribution in [1.29, 1.82) is 0 Å². The molecule has 31 heavy (non-hydrogen) atoms. The fourth-order valence-electron chi connectivity index (χ4n) is 3.26. The molecule has 2 aromatic carbocycles. The van der Waals surface area contributed by atoms with Crippen molar-refractivity contribution in [1.82, 2.24) is 10.6 Å². The molecule has 0 aliphatic carbocycles. The van der Waals surface area contributed by atoms with Gasteiger partial charge in [0.25, 0.3) is 0 Å². The van der Waals surface area contributed by atoms with Gasteiger partial charge in [0.15, 0.2) is 0 Å². The molecule has 0 radical (unpaired) electrons. The van der Waals surface area contributed by atoms with Gasteiger partial charge in [0, 0.05) is 54.9 Å². The Morgan fingerprint density at radius 1 is 0.677 bits per heavy atom. The van der Waals surface area contributed by atoms with Crippen LogP contribution in [0.5, 0.6) is 23.0 Å². The van der Waals surface area contributed by atoms with Crippen LogP contribution in [0, 0.1) is 5.41 Å². The van der Waals surface area contributed by atoms with Crippen LogP contribution in [-0.2, 0) is 13.1 Å². The molecule has 0 bridgehead atoms. The van der Waals surface area contributed by atoms with Gasteiger partial charge in [-0.05, 0) is 12.1 Å². The van der Waals surface area contributed by atoms with Gasteiger partial charge in [0.05, 0.1) is 41.7 Å². The monoisotopic (exact) mass is 434 g/mol. The number of nitrogens with one attached hydrogen (secondary N) is 2. The molecular formula is C23H34N2O6. The summed E-state index contributed by atoms with van der Waals surface area (Å²) < 4.78 is 21.3. The number of ether oxygens (including phenoxy) is 4. The number of rotatable bonds is 14. The summed E-state index contributed by atoms with van der Waals surface area (Å²) in [6, 6.07) is 11.2. The molecular weight excluding hydrogens is 400 g/mol. The molecule has 0 spiro atoms. The maximum absolute atomic E-state index is 9.99. The highest BCUT2D eigenvalue weighted by Crippen LogP contribution is 2.26. The average Bonchev–Trinajstić information content (AvgIpc) is 2.83. The van der Waals surface area contributed by atoms with Crippen LogP contribution < -0.4 is 29.6 Å². The Bertz CT molecular complexity index is 747. The fourth-order valence-corrected chi connectivity index (χ4v) is 3.26. The van der Waals surface area contributed by atoms with Crippen LogP contribution >= 0.6 is 0 Å². The lowest BCUT2D eigenvalue weighted by atomic mass is 9.89. The first-order valence-electron chi connectivity index (χ1n) is 10.1. The van der Waals surface area contributed by atoms with Gasteiger partial charge in [0.1, 0.15) is 23.0 Å². The van der Waals surface area contributed by atoms with Crippen molar-refractivity contribution in [3.8, 4) is 23.0 Å². The molecule has 0 heterocycles. The van der Waals surface area contributed by atoms with E-state index in [9.17, 15) is 10.2 Å². The Balaban J connectivity index is 1.95. The van der Waals surface area contributed by atoms with Gasteiger partial charge in [-0.15, -0.1) is 0 Å². The molecule has 0 aliphatic heterocycles. The minimum atomic E-state index is -0.723. The summed E-state index contributed by atoms with van der Waals surface area (Å²) in [6.07, 6.45) is 0. The SMILES string of the molecule is COc1ccc(CNCC(CO)(CO)CNCc2ccc(OC)cc2OC)c(OC)c1. The zero-order valence-corrected chi connectivity index (χ0v) is 18.7. The summed E-state index contributed by atoms with van der Waals surface area (Å²) in [5.41, 5.74) is 1.20. The highest BCUT2D eigenvalue weighted by molar-refractivity contribution is 5.41. The Labute approximate surface area is 184 Å². The molecule has 4 N–H and O–H groups in total. The van der Waals surface area contributed by atoms with Gasteiger partial charge in [-0.2, -0.15) is 0 Å². The van der Waals surface area contributed by atoms with E-state index in [0.717, 1.165) is 34.1 Å². The zero-order chi connectivity index (χ0) is 22.7. The molecule has 172 valence electrons. The van der Waals surface area contributed by atoms with Gasteiger partial charge in [-0.1, -0.05) is 12.1 Å². The Kier molecular flexibility index (Phi) is 9.87. The first-order valence-corrected chi connectivity index (χ1v) is 10.1. The van der Waals surface area contributed by atoms with Crippen LogP contribution in [0.25, 0.3) is 0 Å². The number of hydrogen-bond acceptors (Lipinski definition) is 8. The predicted molar refractivity (Wildman–Crippen MR) is 119 cm³/mol. The number of aliphatic hydroxyl groups excluding tert-OH is 2. The van der Waals surface area contributed by atoms with Gasteiger partial charge in [-0.3, -0.25) is 0 Å². The number of aliphatic hydroxyl groups is 2. The molecule has 0 saturated heterocycles. The Hall–Kier alpha value is -2.52. The number of methoxy groups -OCH3 is 4. The van der Waals surface area contributed by atoms with E-state index in [1.54, 1.807) is 28.4 Å². The molecule has 8 heteroatoms. The van der Waals surface area contributed by atoms with Crippen molar-refractivity contribution < 1.29 is 29.2 Å². The van der Waals surface area contributed by atoms with Crippen molar-refractivity contribution >= 4 is 0 Å². The lowest BCUT2D eigenvalue weighted by Gasteiger charge is -2.30. The molecule has 0 atom stereocenters. The van der Waals surface area contributed by atoms with Crippen molar-refractivity contribution in [2.45, 2.75) is 13.1 Å². The smallest absolute Gasteiger partial charge is 0.127 e. The second-order valence-corrected chi connectivity index (χ2v) is 7.38. The molecule has 0 unspecified atom stereocenters. The lowest BCUT2D eigenvalue weighted by Crippen LogP contribution is -2.47. The standard InChI is InChI=1S/C23H34N2O6/c1-28-19-7-5-17(21(9-19)30-3)11-24-13-23(15-26,16-27)14-25-12-18-6-8-20(29-2)10-22(18)31-4/h5-10,24-27H,11-16H2,1-4H3. The van der Waals surface area contributed by atoms with Crippen LogP contribution in [0.2, 0.25) is 0 Å². The summed E-state index contributed by atoms with van der Waals surface area (Å²) in [7, 11) is 6.44. The lowest BCUT2D eigenvalue weighted by molar-refractivity contribution is 0.0535. The fraction of sp³-hybridized carbons (Fsp3) is 0.478. The summed E-state index contributed by atoms with van der Waals surface area (Å²) in [5.74, 6) is 2.88. The van der Waals surface area contributed by atoms with E-state index < -0.39 is 5.41 Å². The third-order valence-electron chi connectivity index (χ3n) is 5.29. The second-order valence-electron chi connectivity index (χ2n) is 7.38. The minimum Gasteiger partial charge on any atom is -0.497 e. The molecule has 0 fully saturated rings. The van der Waals surface area contributed by atoms with E-state index in [2.05, 4.69) is 10.6 Å². The highest BCUT2D eigenvalue weighted by atomic mass is 16.5. The molecule has 8 nitrogen and oxygen atoms in total. The summed E-state index contributed by atoms with van der Waals surface area (Å²) in [6.45, 7) is 1.57. The molecule has 2 rings (SSSR count). The molecule has 0 aliphatic rings. The molecule has 2 aromatic rings. The number of benzene rings is 2. The van der Waals surface area contributed by atoms with Gasteiger partial charge in [0.2, 0.25) is 0 Å². The van der Waals surface area contributed by atoms with Gasteiger partial charge < -0.3 is 39.8 Å². The third kappa shape index (κ3) is 6.73. The Morgan fingerprint density at radius 2 is 1.10 bits per heavy atom. The zero-order valence-electron chi connectivity index (χ0n) is 18.7. The van der Waals surface area contributed by atoms with Crippen LogP contribution in [0.4, 0.5) is 0 Å². The summed E-state index contributed by atoms with van der Waals surface area (Å²) in [5, 5.41) is 26.6. The van der Waals surface area contributed by atoms with E-state index in [-0.39, 0.29) is 13.2 Å². The van der Waals surface area contributed by atoms with E-state index in [1.807, 2.05) is 36.4 Å². The van der Waals surface area contributed by atoms with E-state index in [4.69, 9.17) is 18.9 Å². The maximum Gasteiger partial charge on any atom is 0.127 e. The van der Waals surface area contributed by atoms with Crippen LogP contribution in [0.1, 0.15) is 11.1 Å². The quantitative estimate of drug-likeness (QED) is 0.356. The van der Waals surface area contributed by atoms with Crippen LogP contribution in [-0.4, -0.2) is 65.0 Å². The predicted octanol–water partition coefficient (Wildman–Crippen LogP) is 1.57. The summed E-state index contributed by atoms with van der Waals surface area (Å²) >= 11 is 0. The topological polar surface area (TPSA) is 101 Å². The first-order chi connectivity index (χ1) is 15.0. The average molecular weight is 435 g/mol. The normalized spacial score (nSPS) is 11.3. The largest absolute Gasteiger partial charge is 0.497 e. The number of hydrogen-bond donors (Lipinski definition) is 4. The van der Waals surface area contributed by atoms with Gasteiger partial charge in [-0.25, -0.2) is 0 Å². The molecule has 0 saturated carbocycles. The Morgan fingerprint density at radius 3 is 1.42 bits per heavy atom. The highest BCUT2D eigenvalue weighted by Gasteiger charge is 2.28. The van der Waals surface area contributed by atoms with Crippen molar-refractivity contribution in [2.24, 2.45) is 5.41 Å². The minimum absolute atomic E-state index is 0.164. The summed E-state index contributed by atoms with van der Waals surface area (Å²) in [4.78, 5) is 0. The molecule has 0 aromatic heterocycles. The van der Waals surface area contributed by atoms with Crippen molar-refractivity contribution in [2.75, 3.05) is 54.7 Å². The second kappa shape index (κ2) is 12.4. The van der Waals surface area contributed by atoms with Crippen molar-refractivity contribution in [3.05, 3.63) is 47.5 Å². The van der Waals surface area contributed by atoms with Crippen LogP contribution in [0.15, 0.2) is 36.4 Å². The first kappa shape index (κ1) is 24.7. The maximum atomic E-state index is 9.99. The van der Waals surface area contributed by atoms with E-state index in [1.165, 1.54) is 0 Å². The van der Waals surface area contributed by atoms with Crippen molar-refractivity contribution in [3.63, 3.8) is 0 Å². The van der Waals surface area contributed by atoms with E-state index in [0.29, 0.717) is 26.2 Å². The van der Waals surface area contributed by atoms with Crippen LogP contribution in [0.3, 0.4) is 0 Å². The van der Waals surface area contributed by atoms with E-state index >= 15 is 0 Å². The molecule has 0 amide bonds. The van der Waals surface area contributed by atoms with Gasteiger partial charge >= 0.3 is 0 Å².